The summed E-state index contributed by atoms with van der Waals surface area (Å²) >= 11 is 0. The molecule has 0 aliphatic carbocycles. The molecule has 4 heteroatoms. The summed E-state index contributed by atoms with van der Waals surface area (Å²) in [5.74, 6) is 0.940. The summed E-state index contributed by atoms with van der Waals surface area (Å²) in [7, 11) is 1.80. The number of nitrogens with one attached hydrogen (secondary N) is 1. The predicted octanol–water partition coefficient (Wildman–Crippen LogP) is 2.87. The fraction of sp³-hybridized carbons (Fsp3) is 0.267. The molecule has 0 unspecified atom stereocenters. The smallest absolute Gasteiger partial charge is 0.219 e. The summed E-state index contributed by atoms with van der Waals surface area (Å²) in [6.45, 7) is 2.79. The van der Waals surface area contributed by atoms with Crippen LogP contribution in [0, 0.1) is 0 Å². The standard InChI is InChI=1S/C15H18N2O2/c1-12(18)17(2)11-13-6-3-4-8-15(13)16-10-14-7-5-9-19-14/h3-9,16H,10-11H2,1-2H3. The highest BCUT2D eigenvalue weighted by molar-refractivity contribution is 5.73. The van der Waals surface area contributed by atoms with E-state index in [9.17, 15) is 4.79 Å². The molecule has 1 heterocycles. The Morgan fingerprint density at radius 2 is 2.05 bits per heavy atom. The summed E-state index contributed by atoms with van der Waals surface area (Å²) in [4.78, 5) is 13.0. The molecule has 0 radical (unpaired) electrons. The molecule has 0 fully saturated rings. The van der Waals surface area contributed by atoms with E-state index >= 15 is 0 Å². The third-order valence-corrected chi connectivity index (χ3v) is 3.00. The minimum Gasteiger partial charge on any atom is -0.467 e. The molecule has 0 spiro atoms. The summed E-state index contributed by atoms with van der Waals surface area (Å²) in [6.07, 6.45) is 1.66. The topological polar surface area (TPSA) is 45.5 Å². The molecule has 1 aromatic heterocycles. The van der Waals surface area contributed by atoms with Crippen molar-refractivity contribution in [3.8, 4) is 0 Å². The molecule has 0 bridgehead atoms. The normalized spacial score (nSPS) is 10.2. The van der Waals surface area contributed by atoms with Crippen LogP contribution in [0.2, 0.25) is 0 Å². The van der Waals surface area contributed by atoms with Gasteiger partial charge in [0.05, 0.1) is 12.8 Å². The van der Waals surface area contributed by atoms with Crippen molar-refractivity contribution in [3.63, 3.8) is 0 Å². The number of nitrogens with zero attached hydrogens (tertiary/aromatic N) is 1. The van der Waals surface area contributed by atoms with E-state index in [1.54, 1.807) is 25.1 Å². The minimum absolute atomic E-state index is 0.0563. The van der Waals surface area contributed by atoms with Crippen molar-refractivity contribution in [2.75, 3.05) is 12.4 Å². The molecule has 19 heavy (non-hydrogen) atoms. The zero-order valence-electron chi connectivity index (χ0n) is 11.2. The first kappa shape index (κ1) is 13.2. The summed E-state index contributed by atoms with van der Waals surface area (Å²) in [6, 6.07) is 11.8. The van der Waals surface area contributed by atoms with Crippen molar-refractivity contribution >= 4 is 11.6 Å². The van der Waals surface area contributed by atoms with E-state index in [1.165, 1.54) is 0 Å². The zero-order valence-corrected chi connectivity index (χ0v) is 11.2. The lowest BCUT2D eigenvalue weighted by Crippen LogP contribution is -2.23. The van der Waals surface area contributed by atoms with Crippen LogP contribution in [0.3, 0.4) is 0 Å². The van der Waals surface area contributed by atoms with Gasteiger partial charge in [-0.15, -0.1) is 0 Å². The van der Waals surface area contributed by atoms with Crippen molar-refractivity contribution in [2.24, 2.45) is 0 Å². The summed E-state index contributed by atoms with van der Waals surface area (Å²) < 4.78 is 5.29. The third-order valence-electron chi connectivity index (χ3n) is 3.00. The lowest BCUT2D eigenvalue weighted by Gasteiger charge is -2.18. The van der Waals surface area contributed by atoms with E-state index in [0.29, 0.717) is 13.1 Å². The second-order valence-electron chi connectivity index (χ2n) is 4.47. The van der Waals surface area contributed by atoms with Crippen LogP contribution in [0.15, 0.2) is 47.1 Å². The highest BCUT2D eigenvalue weighted by atomic mass is 16.3. The molecule has 1 amide bonds. The quantitative estimate of drug-likeness (QED) is 0.897. The zero-order chi connectivity index (χ0) is 13.7. The molecule has 0 aliphatic heterocycles. The van der Waals surface area contributed by atoms with Gasteiger partial charge in [-0.2, -0.15) is 0 Å². The Labute approximate surface area is 113 Å². The minimum atomic E-state index is 0.0563. The molecule has 1 N–H and O–H groups in total. The molecule has 0 saturated carbocycles. The second kappa shape index (κ2) is 6.09. The molecule has 2 aromatic rings. The van der Waals surface area contributed by atoms with Crippen LogP contribution in [-0.4, -0.2) is 17.9 Å². The van der Waals surface area contributed by atoms with Crippen LogP contribution in [0.1, 0.15) is 18.2 Å². The Balaban J connectivity index is 2.05. The van der Waals surface area contributed by atoms with E-state index in [1.807, 2.05) is 36.4 Å². The molecule has 2 rings (SSSR count). The SMILES string of the molecule is CC(=O)N(C)Cc1ccccc1NCc1ccco1. The number of hydrogen-bond acceptors (Lipinski definition) is 3. The van der Waals surface area contributed by atoms with Crippen LogP contribution in [0.25, 0.3) is 0 Å². The fourth-order valence-electron chi connectivity index (χ4n) is 1.79. The van der Waals surface area contributed by atoms with Crippen molar-refractivity contribution < 1.29 is 9.21 Å². The maximum Gasteiger partial charge on any atom is 0.219 e. The number of carbonyl (C=O) groups excluding carboxylic acids is 1. The van der Waals surface area contributed by atoms with Gasteiger partial charge in [-0.25, -0.2) is 0 Å². The van der Waals surface area contributed by atoms with Gasteiger partial charge in [0.25, 0.3) is 0 Å². The van der Waals surface area contributed by atoms with E-state index in [4.69, 9.17) is 4.42 Å². The Morgan fingerprint density at radius 3 is 2.74 bits per heavy atom. The average Bonchev–Trinajstić information content (AvgIpc) is 2.90. The number of furan rings is 1. The van der Waals surface area contributed by atoms with Crippen LogP contribution in [-0.2, 0) is 17.9 Å². The van der Waals surface area contributed by atoms with Crippen LogP contribution < -0.4 is 5.32 Å². The van der Waals surface area contributed by atoms with Gasteiger partial charge in [-0.1, -0.05) is 18.2 Å². The fourth-order valence-corrected chi connectivity index (χ4v) is 1.79. The first-order chi connectivity index (χ1) is 9.16. The Kier molecular flexibility index (Phi) is 4.23. The lowest BCUT2D eigenvalue weighted by atomic mass is 10.1. The number of amides is 1. The van der Waals surface area contributed by atoms with Gasteiger partial charge in [-0.05, 0) is 23.8 Å². The average molecular weight is 258 g/mol. The van der Waals surface area contributed by atoms with Gasteiger partial charge < -0.3 is 14.6 Å². The first-order valence-corrected chi connectivity index (χ1v) is 6.22. The van der Waals surface area contributed by atoms with Crippen LogP contribution >= 0.6 is 0 Å². The molecule has 100 valence electrons. The summed E-state index contributed by atoms with van der Waals surface area (Å²) in [5, 5.41) is 3.33. The van der Waals surface area contributed by atoms with Gasteiger partial charge in [0.1, 0.15) is 5.76 Å². The molecule has 4 nitrogen and oxygen atoms in total. The number of benzene rings is 1. The van der Waals surface area contributed by atoms with Gasteiger partial charge in [0, 0.05) is 26.2 Å². The van der Waals surface area contributed by atoms with E-state index in [-0.39, 0.29) is 5.91 Å². The monoisotopic (exact) mass is 258 g/mol. The lowest BCUT2D eigenvalue weighted by molar-refractivity contribution is -0.128. The highest BCUT2D eigenvalue weighted by Crippen LogP contribution is 2.18. The highest BCUT2D eigenvalue weighted by Gasteiger charge is 2.07. The number of rotatable bonds is 5. The molecular formula is C15H18N2O2. The van der Waals surface area contributed by atoms with E-state index in [2.05, 4.69) is 5.32 Å². The first-order valence-electron chi connectivity index (χ1n) is 6.22. The van der Waals surface area contributed by atoms with Crippen molar-refractivity contribution in [1.29, 1.82) is 0 Å². The van der Waals surface area contributed by atoms with Gasteiger partial charge in [0.15, 0.2) is 0 Å². The maximum absolute atomic E-state index is 11.3. The van der Waals surface area contributed by atoms with Gasteiger partial charge in [0.2, 0.25) is 5.91 Å². The van der Waals surface area contributed by atoms with Gasteiger partial charge >= 0.3 is 0 Å². The number of hydrogen-bond donors (Lipinski definition) is 1. The van der Waals surface area contributed by atoms with Gasteiger partial charge in [-0.3, -0.25) is 4.79 Å². The van der Waals surface area contributed by atoms with E-state index in [0.717, 1.165) is 17.0 Å². The Hall–Kier alpha value is -2.23. The van der Waals surface area contributed by atoms with Crippen LogP contribution in [0.4, 0.5) is 5.69 Å². The number of para-hydroxylation sites is 1. The summed E-state index contributed by atoms with van der Waals surface area (Å²) in [5.41, 5.74) is 2.11. The molecule has 0 aliphatic rings. The molecule has 0 atom stereocenters. The molecular weight excluding hydrogens is 240 g/mol. The maximum atomic E-state index is 11.3. The molecule has 0 saturated heterocycles. The molecule has 1 aromatic carbocycles. The van der Waals surface area contributed by atoms with Crippen molar-refractivity contribution in [2.45, 2.75) is 20.0 Å². The number of anilines is 1. The second-order valence-corrected chi connectivity index (χ2v) is 4.47. The predicted molar refractivity (Wildman–Crippen MR) is 74.6 cm³/mol. The van der Waals surface area contributed by atoms with E-state index < -0.39 is 0 Å². The number of carbonyl (C=O) groups is 1. The van der Waals surface area contributed by atoms with Crippen LogP contribution in [0.5, 0.6) is 0 Å². The van der Waals surface area contributed by atoms with Crippen molar-refractivity contribution in [1.82, 2.24) is 4.90 Å². The third kappa shape index (κ3) is 3.61. The van der Waals surface area contributed by atoms with Crippen molar-refractivity contribution in [3.05, 3.63) is 54.0 Å². The Morgan fingerprint density at radius 1 is 1.26 bits per heavy atom. The Bertz CT molecular complexity index is 535. The largest absolute Gasteiger partial charge is 0.467 e.